The first-order chi connectivity index (χ1) is 13.7. The van der Waals surface area contributed by atoms with E-state index in [-0.39, 0.29) is 5.91 Å². The topological polar surface area (TPSA) is 73.6 Å². The van der Waals surface area contributed by atoms with Gasteiger partial charge in [-0.05, 0) is 42.5 Å². The minimum atomic E-state index is -0.283. The highest BCUT2D eigenvalue weighted by atomic mass is 16.5. The lowest BCUT2D eigenvalue weighted by Crippen LogP contribution is -2.13. The number of benzene rings is 3. The van der Waals surface area contributed by atoms with Crippen LogP contribution in [0.4, 0.5) is 5.69 Å². The van der Waals surface area contributed by atoms with Gasteiger partial charge in [-0.1, -0.05) is 18.2 Å². The molecule has 0 radical (unpaired) electrons. The number of fused-ring (bicyclic) bond motifs is 1. The van der Waals surface area contributed by atoms with E-state index < -0.39 is 0 Å². The fraction of sp³-hybridized carbons (Fsp3) is 0.0909. The van der Waals surface area contributed by atoms with Gasteiger partial charge in [-0.15, -0.1) is 0 Å². The Balaban J connectivity index is 1.61. The number of hydrogen-bond donors (Lipinski definition) is 1. The first kappa shape index (κ1) is 17.6. The largest absolute Gasteiger partial charge is 0.497 e. The number of ether oxygens (including phenoxy) is 2. The Morgan fingerprint density at radius 3 is 2.61 bits per heavy atom. The van der Waals surface area contributed by atoms with E-state index in [1.54, 1.807) is 31.4 Å². The van der Waals surface area contributed by atoms with E-state index in [2.05, 4.69) is 10.3 Å². The Morgan fingerprint density at radius 1 is 0.964 bits per heavy atom. The number of carbonyl (C=O) groups excluding carboxylic acids is 1. The van der Waals surface area contributed by atoms with Crippen LogP contribution in [-0.4, -0.2) is 25.1 Å². The zero-order valence-corrected chi connectivity index (χ0v) is 15.4. The molecule has 4 rings (SSSR count). The smallest absolute Gasteiger partial charge is 0.259 e. The van der Waals surface area contributed by atoms with Crippen molar-refractivity contribution in [1.82, 2.24) is 4.98 Å². The molecule has 0 spiro atoms. The summed E-state index contributed by atoms with van der Waals surface area (Å²) in [4.78, 5) is 17.2. The van der Waals surface area contributed by atoms with Gasteiger partial charge in [0.2, 0.25) is 5.89 Å². The van der Waals surface area contributed by atoms with Gasteiger partial charge in [0.15, 0.2) is 5.58 Å². The van der Waals surface area contributed by atoms with Gasteiger partial charge in [-0.3, -0.25) is 4.79 Å². The average Bonchev–Trinajstić information content (AvgIpc) is 3.17. The number of oxazole rings is 1. The van der Waals surface area contributed by atoms with Crippen LogP contribution in [0.1, 0.15) is 10.4 Å². The van der Waals surface area contributed by atoms with E-state index in [0.29, 0.717) is 28.6 Å². The van der Waals surface area contributed by atoms with E-state index >= 15 is 0 Å². The second-order valence-electron chi connectivity index (χ2n) is 6.09. The molecule has 1 amide bonds. The molecule has 140 valence electrons. The molecule has 0 aliphatic heterocycles. The molecule has 3 aromatic carbocycles. The van der Waals surface area contributed by atoms with E-state index in [0.717, 1.165) is 16.7 Å². The van der Waals surface area contributed by atoms with Crippen molar-refractivity contribution in [3.63, 3.8) is 0 Å². The first-order valence-corrected chi connectivity index (χ1v) is 8.67. The van der Waals surface area contributed by atoms with Crippen LogP contribution < -0.4 is 14.8 Å². The number of amides is 1. The van der Waals surface area contributed by atoms with Crippen molar-refractivity contribution in [2.24, 2.45) is 0 Å². The van der Waals surface area contributed by atoms with Crippen molar-refractivity contribution in [2.45, 2.75) is 0 Å². The summed E-state index contributed by atoms with van der Waals surface area (Å²) in [5.74, 6) is 1.27. The van der Waals surface area contributed by atoms with Crippen molar-refractivity contribution < 1.29 is 18.7 Å². The quantitative estimate of drug-likeness (QED) is 0.545. The number of hydrogen-bond acceptors (Lipinski definition) is 5. The molecule has 0 atom stereocenters. The zero-order chi connectivity index (χ0) is 19.5. The molecule has 0 bridgehead atoms. The van der Waals surface area contributed by atoms with Crippen LogP contribution in [-0.2, 0) is 0 Å². The molecular weight excluding hydrogens is 356 g/mol. The summed E-state index contributed by atoms with van der Waals surface area (Å²) < 4.78 is 16.3. The third-order valence-electron chi connectivity index (χ3n) is 4.31. The van der Waals surface area contributed by atoms with Gasteiger partial charge in [-0.25, -0.2) is 4.98 Å². The van der Waals surface area contributed by atoms with Gasteiger partial charge < -0.3 is 19.2 Å². The Hall–Kier alpha value is -3.80. The Labute approximate surface area is 161 Å². The van der Waals surface area contributed by atoms with Crippen LogP contribution in [0.3, 0.4) is 0 Å². The molecule has 0 aliphatic rings. The number of anilines is 1. The number of nitrogens with zero attached hydrogens (tertiary/aromatic N) is 1. The molecular formula is C22H18N2O4. The molecule has 0 aliphatic carbocycles. The third-order valence-corrected chi connectivity index (χ3v) is 4.31. The van der Waals surface area contributed by atoms with Gasteiger partial charge in [0.1, 0.15) is 17.0 Å². The van der Waals surface area contributed by atoms with Gasteiger partial charge in [0, 0.05) is 17.3 Å². The van der Waals surface area contributed by atoms with Crippen molar-refractivity contribution >= 4 is 22.7 Å². The van der Waals surface area contributed by atoms with Crippen molar-refractivity contribution in [1.29, 1.82) is 0 Å². The molecule has 0 fully saturated rings. The van der Waals surface area contributed by atoms with Gasteiger partial charge in [0.25, 0.3) is 5.91 Å². The van der Waals surface area contributed by atoms with Gasteiger partial charge in [0.05, 0.1) is 19.8 Å². The molecule has 6 heteroatoms. The van der Waals surface area contributed by atoms with Crippen LogP contribution in [0, 0.1) is 0 Å². The van der Waals surface area contributed by atoms with E-state index in [1.165, 1.54) is 7.11 Å². The number of methoxy groups -OCH3 is 2. The summed E-state index contributed by atoms with van der Waals surface area (Å²) in [6.45, 7) is 0. The van der Waals surface area contributed by atoms with Crippen LogP contribution in [0.2, 0.25) is 0 Å². The maximum absolute atomic E-state index is 12.7. The van der Waals surface area contributed by atoms with Crippen molar-refractivity contribution in [3.05, 3.63) is 72.3 Å². The number of rotatable bonds is 5. The standard InChI is InChI=1S/C22H18N2O4/c1-26-16-10-11-17(20(13-16)27-2)21(25)23-15-7-5-6-14(12-15)22-24-18-8-3-4-9-19(18)28-22/h3-13H,1-2H3,(H,23,25). The van der Waals surface area contributed by atoms with Gasteiger partial charge in [-0.2, -0.15) is 0 Å². The molecule has 0 saturated heterocycles. The third kappa shape index (κ3) is 3.40. The summed E-state index contributed by atoms with van der Waals surface area (Å²) in [5, 5.41) is 2.89. The first-order valence-electron chi connectivity index (χ1n) is 8.67. The molecule has 0 saturated carbocycles. The van der Waals surface area contributed by atoms with Crippen LogP contribution in [0.15, 0.2) is 71.1 Å². The average molecular weight is 374 g/mol. The lowest BCUT2D eigenvalue weighted by Gasteiger charge is -2.11. The highest BCUT2D eigenvalue weighted by Crippen LogP contribution is 2.28. The Kier molecular flexibility index (Phi) is 4.68. The van der Waals surface area contributed by atoms with Crippen molar-refractivity contribution in [2.75, 3.05) is 19.5 Å². The second kappa shape index (κ2) is 7.44. The number of nitrogens with one attached hydrogen (secondary N) is 1. The summed E-state index contributed by atoms with van der Waals surface area (Å²) in [7, 11) is 3.07. The minimum Gasteiger partial charge on any atom is -0.497 e. The molecule has 1 heterocycles. The number of aromatic nitrogens is 1. The molecule has 28 heavy (non-hydrogen) atoms. The zero-order valence-electron chi connectivity index (χ0n) is 15.4. The maximum Gasteiger partial charge on any atom is 0.259 e. The second-order valence-corrected chi connectivity index (χ2v) is 6.09. The lowest BCUT2D eigenvalue weighted by atomic mass is 10.1. The Morgan fingerprint density at radius 2 is 1.82 bits per heavy atom. The number of para-hydroxylation sites is 2. The van der Waals surface area contributed by atoms with E-state index in [4.69, 9.17) is 13.9 Å². The maximum atomic E-state index is 12.7. The SMILES string of the molecule is COc1ccc(C(=O)Nc2cccc(-c3nc4ccccc4o3)c2)c(OC)c1. The highest BCUT2D eigenvalue weighted by Gasteiger charge is 2.15. The Bertz CT molecular complexity index is 1120. The van der Waals surface area contributed by atoms with Crippen molar-refractivity contribution in [3.8, 4) is 23.0 Å². The lowest BCUT2D eigenvalue weighted by molar-refractivity contribution is 0.102. The highest BCUT2D eigenvalue weighted by molar-refractivity contribution is 6.06. The number of carbonyl (C=O) groups is 1. The monoisotopic (exact) mass is 374 g/mol. The molecule has 1 aromatic heterocycles. The predicted octanol–water partition coefficient (Wildman–Crippen LogP) is 4.76. The molecule has 4 aromatic rings. The fourth-order valence-corrected chi connectivity index (χ4v) is 2.91. The molecule has 0 unspecified atom stereocenters. The minimum absolute atomic E-state index is 0.283. The summed E-state index contributed by atoms with van der Waals surface area (Å²) in [5.41, 5.74) is 3.32. The van der Waals surface area contributed by atoms with Crippen LogP contribution >= 0.6 is 0 Å². The summed E-state index contributed by atoms with van der Waals surface area (Å²) in [6.07, 6.45) is 0. The molecule has 1 N–H and O–H groups in total. The van der Waals surface area contributed by atoms with Crippen LogP contribution in [0.25, 0.3) is 22.6 Å². The van der Waals surface area contributed by atoms with E-state index in [1.807, 2.05) is 42.5 Å². The van der Waals surface area contributed by atoms with E-state index in [9.17, 15) is 4.79 Å². The predicted molar refractivity (Wildman–Crippen MR) is 107 cm³/mol. The van der Waals surface area contributed by atoms with Gasteiger partial charge >= 0.3 is 0 Å². The van der Waals surface area contributed by atoms with Crippen LogP contribution in [0.5, 0.6) is 11.5 Å². The summed E-state index contributed by atoms with van der Waals surface area (Å²) >= 11 is 0. The molecule has 6 nitrogen and oxygen atoms in total. The normalized spacial score (nSPS) is 10.6. The summed E-state index contributed by atoms with van der Waals surface area (Å²) in [6, 6.07) is 20.0. The fourth-order valence-electron chi connectivity index (χ4n) is 2.91.